The molecule has 4 nitrogen and oxygen atoms in total. The van der Waals surface area contributed by atoms with E-state index in [2.05, 4.69) is 36.3 Å². The van der Waals surface area contributed by atoms with Gasteiger partial charge in [0.2, 0.25) is 0 Å². The number of anilines is 1. The third-order valence-electron chi connectivity index (χ3n) is 3.43. The Kier molecular flexibility index (Phi) is 6.45. The maximum Gasteiger partial charge on any atom is 0.319 e. The summed E-state index contributed by atoms with van der Waals surface area (Å²) in [6, 6.07) is 4.32. The molecule has 20 heavy (non-hydrogen) atoms. The summed E-state index contributed by atoms with van der Waals surface area (Å²) < 4.78 is 13.0. The van der Waals surface area contributed by atoms with Crippen molar-refractivity contribution in [3.8, 4) is 0 Å². The molecule has 112 valence electrons. The molecule has 0 fully saturated rings. The van der Waals surface area contributed by atoms with Crippen molar-refractivity contribution in [2.24, 2.45) is 0 Å². The topological polar surface area (TPSA) is 44.4 Å². The first-order chi connectivity index (χ1) is 9.47. The second-order valence-corrected chi connectivity index (χ2v) is 4.86. The zero-order valence-electron chi connectivity index (χ0n) is 12.7. The van der Waals surface area contributed by atoms with Crippen molar-refractivity contribution in [2.75, 3.05) is 25.0 Å². The Morgan fingerprint density at radius 2 is 2.00 bits per heavy atom. The summed E-state index contributed by atoms with van der Waals surface area (Å²) in [5.74, 6) is -0.302. The summed E-state index contributed by atoms with van der Waals surface area (Å²) in [5.41, 5.74) is 1.33. The monoisotopic (exact) mass is 281 g/mol. The third kappa shape index (κ3) is 4.81. The predicted octanol–water partition coefficient (Wildman–Crippen LogP) is 2.99. The Hall–Kier alpha value is -1.62. The molecule has 5 heteroatoms. The number of rotatable bonds is 6. The fourth-order valence-electron chi connectivity index (χ4n) is 2.15. The first-order valence-electron chi connectivity index (χ1n) is 7.03. The van der Waals surface area contributed by atoms with E-state index in [9.17, 15) is 9.18 Å². The van der Waals surface area contributed by atoms with Crippen LogP contribution < -0.4 is 10.6 Å². The lowest BCUT2D eigenvalue weighted by atomic mass is 10.2. The lowest BCUT2D eigenvalue weighted by Gasteiger charge is -2.26. The van der Waals surface area contributed by atoms with Crippen LogP contribution >= 0.6 is 0 Å². The lowest BCUT2D eigenvalue weighted by Crippen LogP contribution is -2.43. The van der Waals surface area contributed by atoms with E-state index in [1.54, 1.807) is 13.0 Å². The van der Waals surface area contributed by atoms with Gasteiger partial charge < -0.3 is 10.6 Å². The van der Waals surface area contributed by atoms with E-state index < -0.39 is 0 Å². The molecule has 1 unspecified atom stereocenters. The average Bonchev–Trinajstić information content (AvgIpc) is 2.41. The van der Waals surface area contributed by atoms with E-state index in [0.717, 1.165) is 13.1 Å². The van der Waals surface area contributed by atoms with Gasteiger partial charge in [-0.05, 0) is 50.7 Å². The number of likely N-dealkylation sites (N-methyl/N-ethyl adjacent to an activating group) is 1. The highest BCUT2D eigenvalue weighted by molar-refractivity contribution is 5.90. The number of hydrogen-bond acceptors (Lipinski definition) is 2. The smallest absolute Gasteiger partial charge is 0.319 e. The van der Waals surface area contributed by atoms with Crippen molar-refractivity contribution in [1.82, 2.24) is 10.2 Å². The molecule has 0 heterocycles. The van der Waals surface area contributed by atoms with E-state index in [1.807, 2.05) is 0 Å². The minimum Gasteiger partial charge on any atom is -0.336 e. The Morgan fingerprint density at radius 3 is 2.55 bits per heavy atom. The van der Waals surface area contributed by atoms with Gasteiger partial charge in [0, 0.05) is 18.3 Å². The molecular weight excluding hydrogens is 257 g/mol. The Labute approximate surface area is 120 Å². The normalized spacial score (nSPS) is 12.3. The van der Waals surface area contributed by atoms with Crippen LogP contribution in [0.5, 0.6) is 0 Å². The molecule has 0 radical (unpaired) electrons. The molecule has 2 amide bonds. The largest absolute Gasteiger partial charge is 0.336 e. The van der Waals surface area contributed by atoms with Crippen LogP contribution in [-0.2, 0) is 0 Å². The molecule has 1 rings (SSSR count). The van der Waals surface area contributed by atoms with E-state index >= 15 is 0 Å². The van der Waals surface area contributed by atoms with Gasteiger partial charge in [-0.3, -0.25) is 4.90 Å². The average molecular weight is 281 g/mol. The zero-order chi connectivity index (χ0) is 15.1. The maximum absolute atomic E-state index is 13.0. The second kappa shape index (κ2) is 7.85. The summed E-state index contributed by atoms with van der Waals surface area (Å²) in [6.07, 6.45) is 0. The van der Waals surface area contributed by atoms with Crippen LogP contribution in [-0.4, -0.2) is 36.6 Å². The van der Waals surface area contributed by atoms with Crippen molar-refractivity contribution in [3.05, 3.63) is 29.6 Å². The number of aryl methyl sites for hydroxylation is 1. The fraction of sp³-hybridized carbons (Fsp3) is 0.533. The van der Waals surface area contributed by atoms with Crippen LogP contribution in [0, 0.1) is 12.7 Å². The van der Waals surface area contributed by atoms with Crippen molar-refractivity contribution in [2.45, 2.75) is 33.7 Å². The van der Waals surface area contributed by atoms with Gasteiger partial charge >= 0.3 is 6.03 Å². The molecule has 0 aliphatic carbocycles. The van der Waals surface area contributed by atoms with E-state index in [0.29, 0.717) is 17.8 Å². The predicted molar refractivity (Wildman–Crippen MR) is 80.5 cm³/mol. The number of carbonyl (C=O) groups excluding carboxylic acids is 1. The quantitative estimate of drug-likeness (QED) is 0.842. The molecule has 0 aliphatic rings. The van der Waals surface area contributed by atoms with Crippen LogP contribution in [0.1, 0.15) is 26.3 Å². The molecule has 2 N–H and O–H groups in total. The minimum absolute atomic E-state index is 0.265. The summed E-state index contributed by atoms with van der Waals surface area (Å²) in [7, 11) is 0. The van der Waals surface area contributed by atoms with Gasteiger partial charge in [-0.25, -0.2) is 9.18 Å². The van der Waals surface area contributed by atoms with Gasteiger partial charge in [-0.2, -0.15) is 0 Å². The van der Waals surface area contributed by atoms with Gasteiger partial charge in [-0.1, -0.05) is 13.8 Å². The maximum atomic E-state index is 13.0. The molecule has 0 spiro atoms. The van der Waals surface area contributed by atoms with Crippen LogP contribution in [0.2, 0.25) is 0 Å². The highest BCUT2D eigenvalue weighted by atomic mass is 19.1. The van der Waals surface area contributed by atoms with Gasteiger partial charge in [-0.15, -0.1) is 0 Å². The highest BCUT2D eigenvalue weighted by Crippen LogP contribution is 2.15. The van der Waals surface area contributed by atoms with Gasteiger partial charge in [0.25, 0.3) is 0 Å². The first-order valence-corrected chi connectivity index (χ1v) is 7.03. The number of benzene rings is 1. The standard InChI is InChI=1S/C15H24FN3O/c1-5-19(6-2)12(4)10-17-15(20)18-14-8-7-13(16)9-11(14)3/h7-9,12H,5-6,10H2,1-4H3,(H2,17,18,20). The van der Waals surface area contributed by atoms with E-state index in [-0.39, 0.29) is 17.9 Å². The van der Waals surface area contributed by atoms with Crippen LogP contribution in [0.15, 0.2) is 18.2 Å². The van der Waals surface area contributed by atoms with Crippen molar-refractivity contribution >= 4 is 11.7 Å². The first kappa shape index (κ1) is 16.4. The number of nitrogens with one attached hydrogen (secondary N) is 2. The second-order valence-electron chi connectivity index (χ2n) is 4.86. The Balaban J connectivity index is 2.48. The third-order valence-corrected chi connectivity index (χ3v) is 3.43. The molecule has 0 saturated carbocycles. The number of carbonyl (C=O) groups is 1. The number of halogens is 1. The van der Waals surface area contributed by atoms with Crippen LogP contribution in [0.4, 0.5) is 14.9 Å². The molecule has 1 aromatic carbocycles. The number of hydrogen-bond donors (Lipinski definition) is 2. The summed E-state index contributed by atoms with van der Waals surface area (Å²) in [4.78, 5) is 14.1. The minimum atomic E-state index is -0.302. The molecular formula is C15H24FN3O. The molecule has 0 aliphatic heterocycles. The zero-order valence-corrected chi connectivity index (χ0v) is 12.7. The SMILES string of the molecule is CCN(CC)C(C)CNC(=O)Nc1ccc(F)cc1C. The van der Waals surface area contributed by atoms with Gasteiger partial charge in [0.05, 0.1) is 0 Å². The molecule has 1 atom stereocenters. The fourth-order valence-corrected chi connectivity index (χ4v) is 2.15. The van der Waals surface area contributed by atoms with Gasteiger partial charge in [0.1, 0.15) is 5.82 Å². The van der Waals surface area contributed by atoms with Crippen LogP contribution in [0.3, 0.4) is 0 Å². The van der Waals surface area contributed by atoms with Crippen molar-refractivity contribution < 1.29 is 9.18 Å². The lowest BCUT2D eigenvalue weighted by molar-refractivity contribution is 0.220. The number of amides is 2. The highest BCUT2D eigenvalue weighted by Gasteiger charge is 2.11. The number of nitrogens with zero attached hydrogens (tertiary/aromatic N) is 1. The van der Waals surface area contributed by atoms with Crippen molar-refractivity contribution in [1.29, 1.82) is 0 Å². The summed E-state index contributed by atoms with van der Waals surface area (Å²) >= 11 is 0. The molecule has 0 aromatic heterocycles. The van der Waals surface area contributed by atoms with Crippen LogP contribution in [0.25, 0.3) is 0 Å². The summed E-state index contributed by atoms with van der Waals surface area (Å²) in [5, 5.41) is 5.57. The van der Waals surface area contributed by atoms with E-state index in [1.165, 1.54) is 12.1 Å². The Bertz CT molecular complexity index is 447. The van der Waals surface area contributed by atoms with Gasteiger partial charge in [0.15, 0.2) is 0 Å². The Morgan fingerprint density at radius 1 is 1.35 bits per heavy atom. The molecule has 1 aromatic rings. The van der Waals surface area contributed by atoms with Crippen molar-refractivity contribution in [3.63, 3.8) is 0 Å². The van der Waals surface area contributed by atoms with E-state index in [4.69, 9.17) is 0 Å². The molecule has 0 bridgehead atoms. The summed E-state index contributed by atoms with van der Waals surface area (Å²) in [6.45, 7) is 10.5. The molecule has 0 saturated heterocycles. The number of urea groups is 1.